The quantitative estimate of drug-likeness (QED) is 0.906. The Morgan fingerprint density at radius 1 is 1.35 bits per heavy atom. The number of hydrogen-bond donors (Lipinski definition) is 1. The molecule has 0 aliphatic rings. The van der Waals surface area contributed by atoms with Gasteiger partial charge in [0.2, 0.25) is 0 Å². The van der Waals surface area contributed by atoms with Crippen LogP contribution < -0.4 is 5.73 Å². The maximum Gasteiger partial charge on any atom is 0.141 e. The van der Waals surface area contributed by atoms with Gasteiger partial charge in [-0.15, -0.1) is 0 Å². The number of nitrogens with zero attached hydrogens (tertiary/aromatic N) is 2. The molecule has 1 unspecified atom stereocenters. The molecule has 2 rings (SSSR count). The Morgan fingerprint density at radius 2 is 2.00 bits per heavy atom. The monoisotopic (exact) mass is 249 g/mol. The summed E-state index contributed by atoms with van der Waals surface area (Å²) in [5.41, 5.74) is 7.96. The van der Waals surface area contributed by atoms with Gasteiger partial charge in [0.25, 0.3) is 0 Å². The number of benzene rings is 1. The van der Waals surface area contributed by atoms with Crippen LogP contribution in [0.2, 0.25) is 5.02 Å². The third-order valence-electron chi connectivity index (χ3n) is 2.91. The predicted octanol–water partition coefficient (Wildman–Crippen LogP) is 3.43. The molecule has 0 saturated heterocycles. The van der Waals surface area contributed by atoms with Gasteiger partial charge in [-0.25, -0.2) is 4.68 Å². The molecule has 2 N–H and O–H groups in total. The summed E-state index contributed by atoms with van der Waals surface area (Å²) in [5, 5.41) is 4.97. The molecule has 3 nitrogen and oxygen atoms in total. The van der Waals surface area contributed by atoms with E-state index in [1.54, 1.807) is 0 Å². The Hall–Kier alpha value is -1.48. The van der Waals surface area contributed by atoms with Crippen molar-refractivity contribution in [2.45, 2.75) is 26.3 Å². The lowest BCUT2D eigenvalue weighted by Crippen LogP contribution is -2.13. The molecule has 4 heteroatoms. The van der Waals surface area contributed by atoms with Gasteiger partial charge in [-0.2, -0.15) is 5.10 Å². The van der Waals surface area contributed by atoms with Gasteiger partial charge >= 0.3 is 0 Å². The van der Waals surface area contributed by atoms with Crippen molar-refractivity contribution in [2.75, 3.05) is 5.73 Å². The molecule has 1 aromatic carbocycles. The molecule has 17 heavy (non-hydrogen) atoms. The highest BCUT2D eigenvalue weighted by Gasteiger charge is 2.18. The molecule has 0 radical (unpaired) electrons. The van der Waals surface area contributed by atoms with E-state index in [9.17, 15) is 0 Å². The summed E-state index contributed by atoms with van der Waals surface area (Å²) < 4.78 is 1.81. The molecular formula is C13H16ClN3. The van der Waals surface area contributed by atoms with E-state index in [0.29, 0.717) is 10.8 Å². The van der Waals surface area contributed by atoms with Gasteiger partial charge in [-0.3, -0.25) is 0 Å². The zero-order valence-corrected chi connectivity index (χ0v) is 10.8. The molecule has 1 aromatic heterocycles. The second-order valence-corrected chi connectivity index (χ2v) is 4.44. The van der Waals surface area contributed by atoms with Gasteiger partial charge < -0.3 is 5.73 Å². The van der Waals surface area contributed by atoms with Crippen molar-refractivity contribution in [3.05, 3.63) is 46.6 Å². The zero-order valence-electron chi connectivity index (χ0n) is 10.0. The molecule has 0 fully saturated rings. The highest BCUT2D eigenvalue weighted by atomic mass is 35.5. The molecule has 0 amide bonds. The minimum absolute atomic E-state index is 0.141. The normalized spacial score (nSPS) is 12.6. The van der Waals surface area contributed by atoms with Crippen molar-refractivity contribution in [2.24, 2.45) is 0 Å². The van der Waals surface area contributed by atoms with Crippen LogP contribution in [0.3, 0.4) is 0 Å². The van der Waals surface area contributed by atoms with Crippen LogP contribution >= 0.6 is 11.6 Å². The van der Waals surface area contributed by atoms with E-state index in [1.165, 1.54) is 5.56 Å². The van der Waals surface area contributed by atoms with Crippen LogP contribution in [0.5, 0.6) is 0 Å². The second kappa shape index (κ2) is 4.80. The summed E-state index contributed by atoms with van der Waals surface area (Å²) in [6.45, 7) is 3.98. The highest BCUT2D eigenvalue weighted by Crippen LogP contribution is 2.29. The fraction of sp³-hybridized carbons (Fsp3) is 0.308. The second-order valence-electron chi connectivity index (χ2n) is 4.06. The van der Waals surface area contributed by atoms with E-state index in [4.69, 9.17) is 17.3 Å². The average Bonchev–Trinajstić information content (AvgIpc) is 2.60. The van der Waals surface area contributed by atoms with E-state index in [-0.39, 0.29) is 6.04 Å². The Labute approximate surface area is 106 Å². The lowest BCUT2D eigenvalue weighted by molar-refractivity contribution is 0.513. The van der Waals surface area contributed by atoms with Crippen LogP contribution in [0.15, 0.2) is 30.3 Å². The number of rotatable bonds is 3. The molecule has 0 spiro atoms. The van der Waals surface area contributed by atoms with Gasteiger partial charge in [-0.05, 0) is 18.9 Å². The molecule has 0 aliphatic heterocycles. The first-order valence-corrected chi connectivity index (χ1v) is 6.08. The maximum atomic E-state index is 6.08. The van der Waals surface area contributed by atoms with E-state index in [2.05, 4.69) is 24.2 Å². The molecule has 0 aliphatic carbocycles. The predicted molar refractivity (Wildman–Crippen MR) is 71.3 cm³/mol. The molecule has 1 atom stereocenters. The summed E-state index contributed by atoms with van der Waals surface area (Å²) in [6, 6.07) is 10.3. The van der Waals surface area contributed by atoms with Gasteiger partial charge in [0, 0.05) is 0 Å². The highest BCUT2D eigenvalue weighted by molar-refractivity contribution is 6.33. The molecule has 0 saturated carbocycles. The first kappa shape index (κ1) is 12.0. The number of nitrogens with two attached hydrogens (primary N) is 1. The largest absolute Gasteiger partial charge is 0.383 e. The topological polar surface area (TPSA) is 43.8 Å². The standard InChI is InChI=1S/C13H16ClN3/c1-3-11(10-7-5-4-6-8-10)17-13(15)12(14)9(2)16-17/h4-8,11H,3,15H2,1-2H3. The average molecular weight is 250 g/mol. The third-order valence-corrected chi connectivity index (χ3v) is 3.38. The van der Waals surface area contributed by atoms with Gasteiger partial charge in [-0.1, -0.05) is 48.9 Å². The summed E-state index contributed by atoms with van der Waals surface area (Å²) in [7, 11) is 0. The van der Waals surface area contributed by atoms with Crippen LogP contribution in [0.4, 0.5) is 5.82 Å². The number of nitrogen functional groups attached to an aromatic ring is 1. The molecule has 2 aromatic rings. The number of hydrogen-bond acceptors (Lipinski definition) is 2. The van der Waals surface area contributed by atoms with Crippen LogP contribution in [0.25, 0.3) is 0 Å². The van der Waals surface area contributed by atoms with Crippen LogP contribution in [-0.4, -0.2) is 9.78 Å². The van der Waals surface area contributed by atoms with E-state index >= 15 is 0 Å². The fourth-order valence-electron chi connectivity index (χ4n) is 2.01. The van der Waals surface area contributed by atoms with E-state index in [0.717, 1.165) is 12.1 Å². The van der Waals surface area contributed by atoms with Crippen LogP contribution in [0, 0.1) is 6.92 Å². The SMILES string of the molecule is CCC(c1ccccc1)n1nc(C)c(Cl)c1N. The van der Waals surface area contributed by atoms with E-state index in [1.807, 2.05) is 29.8 Å². The lowest BCUT2D eigenvalue weighted by atomic mass is 10.1. The molecule has 0 bridgehead atoms. The number of anilines is 1. The first-order chi connectivity index (χ1) is 8.15. The van der Waals surface area contributed by atoms with Crippen molar-refractivity contribution in [1.82, 2.24) is 9.78 Å². The smallest absolute Gasteiger partial charge is 0.141 e. The maximum absolute atomic E-state index is 6.08. The van der Waals surface area contributed by atoms with Crippen LogP contribution in [-0.2, 0) is 0 Å². The third kappa shape index (κ3) is 2.15. The van der Waals surface area contributed by atoms with Crippen LogP contribution in [0.1, 0.15) is 30.6 Å². The first-order valence-electron chi connectivity index (χ1n) is 5.70. The summed E-state index contributed by atoms with van der Waals surface area (Å²) in [4.78, 5) is 0. The number of aromatic nitrogens is 2. The molecular weight excluding hydrogens is 234 g/mol. The van der Waals surface area contributed by atoms with Crippen molar-refractivity contribution in [1.29, 1.82) is 0 Å². The summed E-state index contributed by atoms with van der Waals surface area (Å²) in [5.74, 6) is 0.542. The minimum Gasteiger partial charge on any atom is -0.383 e. The van der Waals surface area contributed by atoms with Gasteiger partial charge in [0.1, 0.15) is 10.8 Å². The zero-order chi connectivity index (χ0) is 12.4. The van der Waals surface area contributed by atoms with Gasteiger partial charge in [0.15, 0.2) is 0 Å². The number of halogens is 1. The number of aryl methyl sites for hydroxylation is 1. The lowest BCUT2D eigenvalue weighted by Gasteiger charge is -2.17. The van der Waals surface area contributed by atoms with Crippen molar-refractivity contribution in [3.63, 3.8) is 0 Å². The minimum atomic E-state index is 0.141. The Morgan fingerprint density at radius 3 is 2.47 bits per heavy atom. The van der Waals surface area contributed by atoms with Crippen molar-refractivity contribution in [3.8, 4) is 0 Å². The Balaban J connectivity index is 2.46. The fourth-order valence-corrected chi connectivity index (χ4v) is 2.13. The Bertz CT molecular complexity index is 505. The summed E-state index contributed by atoms with van der Waals surface area (Å²) in [6.07, 6.45) is 0.922. The molecule has 1 heterocycles. The van der Waals surface area contributed by atoms with Crippen molar-refractivity contribution >= 4 is 17.4 Å². The summed E-state index contributed by atoms with van der Waals surface area (Å²) >= 11 is 6.08. The van der Waals surface area contributed by atoms with E-state index < -0.39 is 0 Å². The Kier molecular flexibility index (Phi) is 3.38. The van der Waals surface area contributed by atoms with Gasteiger partial charge in [0.05, 0.1) is 11.7 Å². The molecule has 90 valence electrons. The van der Waals surface area contributed by atoms with Crippen molar-refractivity contribution < 1.29 is 0 Å².